The molecule has 1 aliphatic heterocycles. The lowest BCUT2D eigenvalue weighted by atomic mass is 9.63. The number of nitrogens with one attached hydrogen (secondary N) is 1. The summed E-state index contributed by atoms with van der Waals surface area (Å²) in [5.41, 5.74) is 7.75. The Morgan fingerprint density at radius 2 is 1.48 bits per heavy atom. The van der Waals surface area contributed by atoms with Crippen LogP contribution in [0.15, 0.2) is 83.2 Å². The van der Waals surface area contributed by atoms with Crippen molar-refractivity contribution < 1.29 is 23.9 Å². The van der Waals surface area contributed by atoms with E-state index in [2.05, 4.69) is 72.6 Å². The number of amides is 1. The number of carbonyl (C=O) groups is 3. The Labute approximate surface area is 309 Å². The lowest BCUT2D eigenvalue weighted by Gasteiger charge is -2.49. The van der Waals surface area contributed by atoms with Crippen molar-refractivity contribution in [3.63, 3.8) is 0 Å². The van der Waals surface area contributed by atoms with Crippen LogP contribution < -0.4 is 14.8 Å². The second-order valence-electron chi connectivity index (χ2n) is 15.5. The van der Waals surface area contributed by atoms with Gasteiger partial charge in [0.25, 0.3) is 5.91 Å². The summed E-state index contributed by atoms with van der Waals surface area (Å²) in [4.78, 5) is 44.0. The molecule has 1 amide bonds. The molecular formula is C42H47IN2O5. The van der Waals surface area contributed by atoms with E-state index in [0.29, 0.717) is 48.6 Å². The van der Waals surface area contributed by atoms with Crippen molar-refractivity contribution in [3.05, 3.63) is 109 Å². The molecular weight excluding hydrogens is 739 g/mol. The fourth-order valence-electron chi connectivity index (χ4n) is 7.69. The normalized spacial score (nSPS) is 18.5. The highest BCUT2D eigenvalue weighted by Crippen LogP contribution is 2.55. The fourth-order valence-corrected chi connectivity index (χ4v) is 8.47. The van der Waals surface area contributed by atoms with Crippen LogP contribution in [0.3, 0.4) is 0 Å². The molecule has 0 aromatic heterocycles. The van der Waals surface area contributed by atoms with E-state index in [1.54, 1.807) is 0 Å². The van der Waals surface area contributed by atoms with Gasteiger partial charge in [-0.1, -0.05) is 70.2 Å². The van der Waals surface area contributed by atoms with E-state index in [-0.39, 0.29) is 34.9 Å². The molecule has 0 spiro atoms. The van der Waals surface area contributed by atoms with Gasteiger partial charge in [0.05, 0.1) is 10.2 Å². The number of hydrogen-bond acceptors (Lipinski definition) is 6. The molecule has 0 saturated heterocycles. The number of anilines is 1. The monoisotopic (exact) mass is 786 g/mol. The van der Waals surface area contributed by atoms with Crippen molar-refractivity contribution in [1.82, 2.24) is 4.90 Å². The van der Waals surface area contributed by atoms with Crippen LogP contribution in [0.25, 0.3) is 0 Å². The molecule has 0 fully saturated rings. The van der Waals surface area contributed by atoms with Crippen molar-refractivity contribution in [2.75, 3.05) is 18.5 Å². The number of halogens is 1. The SMILES string of the molecule is CCOc1cc(C2C3=C(CC(C)(C)CC3=O)N(Cc3ccccc3)C3=C2C(=O)CC(C)(C)C3)cc(I)c1OCC(=O)Nc1cc(C)ccc1C. The second kappa shape index (κ2) is 14.0. The molecule has 6 rings (SSSR count). The van der Waals surface area contributed by atoms with Crippen LogP contribution >= 0.6 is 22.6 Å². The quantitative estimate of drug-likeness (QED) is 0.218. The van der Waals surface area contributed by atoms with Gasteiger partial charge < -0.3 is 19.7 Å². The predicted molar refractivity (Wildman–Crippen MR) is 205 cm³/mol. The number of Topliss-reactive ketones (excluding diaryl/α,β-unsaturated/α-hetero) is 2. The molecule has 50 heavy (non-hydrogen) atoms. The minimum Gasteiger partial charge on any atom is -0.490 e. The molecule has 3 aliphatic rings. The van der Waals surface area contributed by atoms with Gasteiger partial charge in [0, 0.05) is 53.5 Å². The number of ketones is 2. The standard InChI is InChI=1S/C42H47IN2O5/c1-8-49-35-18-28(17-29(43)40(35)50-24-36(48)44-30-16-25(2)14-15-26(30)3)37-38-31(19-41(4,5)21-33(38)46)45(23-27-12-10-9-11-13-27)32-20-42(6,7)22-34(47)39(32)37/h9-18,37H,8,19-24H2,1-7H3,(H,44,48). The molecule has 262 valence electrons. The van der Waals surface area contributed by atoms with Gasteiger partial charge in [-0.3, -0.25) is 14.4 Å². The van der Waals surface area contributed by atoms with E-state index in [1.807, 2.05) is 69.3 Å². The minimum absolute atomic E-state index is 0.0832. The zero-order chi connectivity index (χ0) is 36.0. The molecule has 7 nitrogen and oxygen atoms in total. The van der Waals surface area contributed by atoms with Gasteiger partial charge in [0.1, 0.15) is 0 Å². The molecule has 0 unspecified atom stereocenters. The van der Waals surface area contributed by atoms with Crippen LogP contribution in [0, 0.1) is 28.2 Å². The zero-order valence-electron chi connectivity index (χ0n) is 30.2. The predicted octanol–water partition coefficient (Wildman–Crippen LogP) is 9.21. The summed E-state index contributed by atoms with van der Waals surface area (Å²) >= 11 is 2.21. The summed E-state index contributed by atoms with van der Waals surface area (Å²) < 4.78 is 13.0. The Bertz CT molecular complexity index is 1870. The first kappa shape index (κ1) is 35.9. The van der Waals surface area contributed by atoms with Gasteiger partial charge in [-0.2, -0.15) is 0 Å². The van der Waals surface area contributed by atoms with Crippen molar-refractivity contribution in [2.24, 2.45) is 10.8 Å². The summed E-state index contributed by atoms with van der Waals surface area (Å²) in [5, 5.41) is 2.96. The average Bonchev–Trinajstić information content (AvgIpc) is 3.02. The first-order chi connectivity index (χ1) is 23.7. The minimum atomic E-state index is -0.520. The number of nitrogens with zero attached hydrogens (tertiary/aromatic N) is 1. The van der Waals surface area contributed by atoms with E-state index in [4.69, 9.17) is 9.47 Å². The topological polar surface area (TPSA) is 84.9 Å². The molecule has 0 atom stereocenters. The van der Waals surface area contributed by atoms with Crippen LogP contribution in [0.5, 0.6) is 11.5 Å². The summed E-state index contributed by atoms with van der Waals surface area (Å²) in [5.74, 6) is 0.317. The third-order valence-electron chi connectivity index (χ3n) is 9.89. The number of allylic oxidation sites excluding steroid dienone is 4. The Morgan fingerprint density at radius 3 is 2.08 bits per heavy atom. The Balaban J connectivity index is 1.43. The maximum Gasteiger partial charge on any atom is 0.262 e. The summed E-state index contributed by atoms with van der Waals surface area (Å²) in [6.07, 6.45) is 2.29. The summed E-state index contributed by atoms with van der Waals surface area (Å²) in [6, 6.07) is 20.1. The highest BCUT2D eigenvalue weighted by molar-refractivity contribution is 14.1. The molecule has 0 bridgehead atoms. The Kier molecular flexibility index (Phi) is 10.1. The first-order valence-corrected chi connectivity index (χ1v) is 18.5. The number of hydrogen-bond donors (Lipinski definition) is 1. The number of carbonyl (C=O) groups excluding carboxylic acids is 3. The molecule has 3 aromatic carbocycles. The van der Waals surface area contributed by atoms with Crippen LogP contribution in [-0.2, 0) is 20.9 Å². The van der Waals surface area contributed by atoms with E-state index >= 15 is 0 Å². The van der Waals surface area contributed by atoms with Crippen molar-refractivity contribution in [3.8, 4) is 11.5 Å². The highest BCUT2D eigenvalue weighted by Gasteiger charge is 2.49. The number of aryl methyl sites for hydroxylation is 2. The van der Waals surface area contributed by atoms with Crippen LogP contribution in [0.1, 0.15) is 88.5 Å². The van der Waals surface area contributed by atoms with Gasteiger partial charge in [0.2, 0.25) is 0 Å². The van der Waals surface area contributed by atoms with E-state index in [0.717, 1.165) is 55.7 Å². The number of benzene rings is 3. The van der Waals surface area contributed by atoms with Gasteiger partial charge in [0.15, 0.2) is 29.7 Å². The average molecular weight is 787 g/mol. The van der Waals surface area contributed by atoms with Crippen molar-refractivity contribution in [1.29, 1.82) is 0 Å². The maximum absolute atomic E-state index is 14.3. The first-order valence-electron chi connectivity index (χ1n) is 17.5. The summed E-state index contributed by atoms with van der Waals surface area (Å²) in [6.45, 7) is 15.2. The van der Waals surface area contributed by atoms with Gasteiger partial charge in [-0.05, 0) is 107 Å². The number of rotatable bonds is 9. The molecule has 1 heterocycles. The smallest absolute Gasteiger partial charge is 0.262 e. The lowest BCUT2D eigenvalue weighted by Crippen LogP contribution is -2.44. The molecule has 3 aromatic rings. The van der Waals surface area contributed by atoms with Crippen LogP contribution in [-0.4, -0.2) is 35.6 Å². The molecule has 1 N–H and O–H groups in total. The van der Waals surface area contributed by atoms with Gasteiger partial charge in [-0.15, -0.1) is 0 Å². The molecule has 2 aliphatic carbocycles. The summed E-state index contributed by atoms with van der Waals surface area (Å²) in [7, 11) is 0. The van der Waals surface area contributed by atoms with E-state index in [9.17, 15) is 14.4 Å². The third kappa shape index (κ3) is 7.41. The second-order valence-corrected chi connectivity index (χ2v) is 16.7. The zero-order valence-corrected chi connectivity index (χ0v) is 32.3. The van der Waals surface area contributed by atoms with Gasteiger partial charge >= 0.3 is 0 Å². The van der Waals surface area contributed by atoms with Crippen LogP contribution in [0.2, 0.25) is 0 Å². The Morgan fingerprint density at radius 1 is 0.860 bits per heavy atom. The third-order valence-corrected chi connectivity index (χ3v) is 10.7. The number of ether oxygens (including phenoxy) is 2. The molecule has 0 saturated carbocycles. The van der Waals surface area contributed by atoms with Crippen LogP contribution in [0.4, 0.5) is 5.69 Å². The fraction of sp³-hybridized carbons (Fsp3) is 0.405. The maximum atomic E-state index is 14.3. The van der Waals surface area contributed by atoms with E-state index < -0.39 is 5.92 Å². The van der Waals surface area contributed by atoms with Crippen molar-refractivity contribution >= 4 is 45.8 Å². The molecule has 8 heteroatoms. The van der Waals surface area contributed by atoms with E-state index in [1.165, 1.54) is 0 Å². The van der Waals surface area contributed by atoms with Crippen molar-refractivity contribution in [2.45, 2.75) is 86.6 Å². The Hall–Kier alpha value is -3.92. The largest absolute Gasteiger partial charge is 0.490 e. The highest BCUT2D eigenvalue weighted by atomic mass is 127. The van der Waals surface area contributed by atoms with Gasteiger partial charge in [-0.25, -0.2) is 0 Å². The molecule has 0 radical (unpaired) electrons. The lowest BCUT2D eigenvalue weighted by molar-refractivity contribution is -0.120.